The molecule has 1 aliphatic heterocycles. The minimum Gasteiger partial charge on any atom is -0.348 e. The molecular weight excluding hydrogens is 352 g/mol. The number of nitrogens with one attached hydrogen (secondary N) is 2. The molecule has 6 nitrogen and oxygen atoms in total. The van der Waals surface area contributed by atoms with Crippen LogP contribution in [0.1, 0.15) is 78.0 Å². The highest BCUT2D eigenvalue weighted by atomic mass is 16.2. The van der Waals surface area contributed by atoms with Gasteiger partial charge in [0.25, 0.3) is 11.8 Å². The number of amides is 2. The summed E-state index contributed by atoms with van der Waals surface area (Å²) in [7, 11) is 0. The van der Waals surface area contributed by atoms with Crippen molar-refractivity contribution in [2.24, 2.45) is 0 Å². The lowest BCUT2D eigenvalue weighted by molar-refractivity contribution is 0.0933. The molecule has 1 atom stereocenters. The molecular formula is C22H30N4O2. The summed E-state index contributed by atoms with van der Waals surface area (Å²) < 4.78 is 1.92. The average molecular weight is 383 g/mol. The van der Waals surface area contributed by atoms with E-state index in [1.807, 2.05) is 43.5 Å². The summed E-state index contributed by atoms with van der Waals surface area (Å²) in [6.07, 6.45) is 4.45. The smallest absolute Gasteiger partial charge is 0.291 e. The van der Waals surface area contributed by atoms with Crippen LogP contribution in [0.3, 0.4) is 0 Å². The number of anilines is 1. The Morgan fingerprint density at radius 3 is 2.71 bits per heavy atom. The number of carbonyl (C=O) groups excluding carboxylic acids is 2. The Balaban J connectivity index is 1.94. The lowest BCUT2D eigenvalue weighted by Crippen LogP contribution is -2.33. The topological polar surface area (TPSA) is 76.0 Å². The van der Waals surface area contributed by atoms with E-state index < -0.39 is 0 Å². The molecule has 2 amide bonds. The summed E-state index contributed by atoms with van der Waals surface area (Å²) >= 11 is 0. The van der Waals surface area contributed by atoms with Gasteiger partial charge in [0.2, 0.25) is 0 Å². The molecule has 0 bridgehead atoms. The first-order valence-corrected chi connectivity index (χ1v) is 10.3. The minimum absolute atomic E-state index is 0.0739. The highest BCUT2D eigenvalue weighted by Crippen LogP contribution is 2.25. The Labute approximate surface area is 166 Å². The van der Waals surface area contributed by atoms with E-state index in [-0.39, 0.29) is 17.9 Å². The quantitative estimate of drug-likeness (QED) is 0.796. The molecule has 2 N–H and O–H groups in total. The van der Waals surface area contributed by atoms with Gasteiger partial charge in [0.05, 0.1) is 5.69 Å². The fourth-order valence-corrected chi connectivity index (χ4v) is 3.66. The van der Waals surface area contributed by atoms with Crippen LogP contribution in [-0.2, 0) is 19.4 Å². The van der Waals surface area contributed by atoms with E-state index in [1.54, 1.807) is 0 Å². The molecule has 2 aromatic rings. The van der Waals surface area contributed by atoms with Gasteiger partial charge in [-0.1, -0.05) is 32.0 Å². The molecule has 0 fully saturated rings. The van der Waals surface area contributed by atoms with Gasteiger partial charge in [0.1, 0.15) is 5.69 Å². The molecule has 1 aromatic heterocycles. The Kier molecular flexibility index (Phi) is 6.17. The number of imidazole rings is 1. The zero-order valence-electron chi connectivity index (χ0n) is 17.3. The average Bonchev–Trinajstić information content (AvgIpc) is 3.09. The first kappa shape index (κ1) is 20.1. The first-order chi connectivity index (χ1) is 13.5. The number of para-hydroxylation sites is 1. The lowest BCUT2D eigenvalue weighted by atomic mass is 10.1. The summed E-state index contributed by atoms with van der Waals surface area (Å²) in [5.74, 6) is -0.117. The van der Waals surface area contributed by atoms with Gasteiger partial charge in [0.15, 0.2) is 5.82 Å². The predicted molar refractivity (Wildman–Crippen MR) is 111 cm³/mol. The van der Waals surface area contributed by atoms with E-state index in [2.05, 4.69) is 22.5 Å². The largest absolute Gasteiger partial charge is 0.348 e. The second-order valence-corrected chi connectivity index (χ2v) is 7.54. The molecule has 6 heteroatoms. The van der Waals surface area contributed by atoms with Crippen LogP contribution in [0.25, 0.3) is 0 Å². The highest BCUT2D eigenvalue weighted by Gasteiger charge is 2.28. The number of benzene rings is 1. The van der Waals surface area contributed by atoms with Gasteiger partial charge in [-0.25, -0.2) is 4.98 Å². The number of carbonyl (C=O) groups is 2. The van der Waals surface area contributed by atoms with E-state index >= 15 is 0 Å². The normalized spacial score (nSPS) is 14.3. The second-order valence-electron chi connectivity index (χ2n) is 7.54. The van der Waals surface area contributed by atoms with E-state index in [4.69, 9.17) is 0 Å². The van der Waals surface area contributed by atoms with Crippen molar-refractivity contribution in [3.63, 3.8) is 0 Å². The summed E-state index contributed by atoms with van der Waals surface area (Å²) in [5, 5.41) is 6.03. The van der Waals surface area contributed by atoms with Crippen molar-refractivity contribution in [1.29, 1.82) is 0 Å². The Bertz CT molecular complexity index is 885. The molecule has 1 unspecified atom stereocenters. The van der Waals surface area contributed by atoms with Gasteiger partial charge in [-0.05, 0) is 57.1 Å². The standard InChI is InChI=1S/C22H30N4O2/c1-5-15(4)23-21(27)19-17-12-7-8-13-26(17)20(24-19)22(28)25-18-14(3)10-9-11-16(18)6-2/h9-11,15H,5-8,12-13H2,1-4H3,(H,23,27)(H,25,28). The van der Waals surface area contributed by atoms with Crippen LogP contribution >= 0.6 is 0 Å². The van der Waals surface area contributed by atoms with Crippen molar-refractivity contribution in [2.75, 3.05) is 5.32 Å². The van der Waals surface area contributed by atoms with Crippen LogP contribution in [-0.4, -0.2) is 27.4 Å². The fraction of sp³-hybridized carbons (Fsp3) is 0.500. The summed E-state index contributed by atoms with van der Waals surface area (Å²) in [4.78, 5) is 30.3. The Hall–Kier alpha value is -2.63. The number of hydrogen-bond donors (Lipinski definition) is 2. The van der Waals surface area contributed by atoms with E-state index in [0.29, 0.717) is 11.5 Å². The number of rotatable bonds is 6. The van der Waals surface area contributed by atoms with E-state index in [1.165, 1.54) is 0 Å². The number of hydrogen-bond acceptors (Lipinski definition) is 3. The Morgan fingerprint density at radius 1 is 1.21 bits per heavy atom. The molecule has 0 spiro atoms. The van der Waals surface area contributed by atoms with Crippen LogP contribution in [0.2, 0.25) is 0 Å². The van der Waals surface area contributed by atoms with Gasteiger partial charge in [-0.3, -0.25) is 9.59 Å². The van der Waals surface area contributed by atoms with Gasteiger partial charge < -0.3 is 15.2 Å². The molecule has 3 rings (SSSR count). The zero-order chi connectivity index (χ0) is 20.3. The molecule has 0 saturated carbocycles. The van der Waals surface area contributed by atoms with Crippen LogP contribution in [0, 0.1) is 6.92 Å². The highest BCUT2D eigenvalue weighted by molar-refractivity contribution is 6.04. The fourth-order valence-electron chi connectivity index (χ4n) is 3.66. The van der Waals surface area contributed by atoms with Crippen molar-refractivity contribution >= 4 is 17.5 Å². The third-order valence-electron chi connectivity index (χ3n) is 5.50. The molecule has 1 aromatic carbocycles. The molecule has 0 saturated heterocycles. The van der Waals surface area contributed by atoms with Gasteiger partial charge in [0, 0.05) is 18.3 Å². The van der Waals surface area contributed by atoms with Crippen molar-refractivity contribution in [3.8, 4) is 0 Å². The van der Waals surface area contributed by atoms with Crippen molar-refractivity contribution in [2.45, 2.75) is 72.4 Å². The number of nitrogens with zero attached hydrogens (tertiary/aromatic N) is 2. The predicted octanol–water partition coefficient (Wildman–Crippen LogP) is 3.87. The number of aromatic nitrogens is 2. The maximum absolute atomic E-state index is 13.1. The van der Waals surface area contributed by atoms with Crippen LogP contribution in [0.5, 0.6) is 0 Å². The number of fused-ring (bicyclic) bond motifs is 1. The van der Waals surface area contributed by atoms with E-state index in [0.717, 1.165) is 61.2 Å². The van der Waals surface area contributed by atoms with Gasteiger partial charge >= 0.3 is 0 Å². The molecule has 1 aliphatic rings. The number of aryl methyl sites for hydroxylation is 2. The zero-order valence-corrected chi connectivity index (χ0v) is 17.3. The molecule has 0 radical (unpaired) electrons. The van der Waals surface area contributed by atoms with Crippen LogP contribution in [0.4, 0.5) is 5.69 Å². The molecule has 2 heterocycles. The maximum Gasteiger partial charge on any atom is 0.291 e. The van der Waals surface area contributed by atoms with Crippen LogP contribution < -0.4 is 10.6 Å². The SMILES string of the molecule is CCc1cccc(C)c1NC(=O)c1nc(C(=O)NC(C)CC)c2n1CCCC2. The van der Waals surface area contributed by atoms with Crippen molar-refractivity contribution in [3.05, 3.63) is 46.5 Å². The van der Waals surface area contributed by atoms with Gasteiger partial charge in [-0.15, -0.1) is 0 Å². The summed E-state index contributed by atoms with van der Waals surface area (Å²) in [6, 6.07) is 6.08. The Morgan fingerprint density at radius 2 is 2.00 bits per heavy atom. The minimum atomic E-state index is -0.255. The van der Waals surface area contributed by atoms with Crippen molar-refractivity contribution < 1.29 is 9.59 Å². The van der Waals surface area contributed by atoms with Crippen molar-refractivity contribution in [1.82, 2.24) is 14.9 Å². The second kappa shape index (κ2) is 8.59. The van der Waals surface area contributed by atoms with Crippen LogP contribution in [0.15, 0.2) is 18.2 Å². The first-order valence-electron chi connectivity index (χ1n) is 10.3. The molecule has 28 heavy (non-hydrogen) atoms. The molecule has 0 aliphatic carbocycles. The van der Waals surface area contributed by atoms with Gasteiger partial charge in [-0.2, -0.15) is 0 Å². The molecule has 150 valence electrons. The van der Waals surface area contributed by atoms with E-state index in [9.17, 15) is 9.59 Å². The third kappa shape index (κ3) is 3.96. The maximum atomic E-state index is 13.1. The lowest BCUT2D eigenvalue weighted by Gasteiger charge is -2.18. The third-order valence-corrected chi connectivity index (χ3v) is 5.50. The summed E-state index contributed by atoms with van der Waals surface area (Å²) in [6.45, 7) is 8.77. The summed E-state index contributed by atoms with van der Waals surface area (Å²) in [5.41, 5.74) is 4.22. The monoisotopic (exact) mass is 382 g/mol.